The van der Waals surface area contributed by atoms with Gasteiger partial charge in [0.05, 0.1) is 19.3 Å². The van der Waals surface area contributed by atoms with Crippen molar-refractivity contribution in [1.82, 2.24) is 14.9 Å². The molecule has 4 heterocycles. The van der Waals surface area contributed by atoms with Crippen LogP contribution in [0, 0.1) is 5.41 Å². The molecule has 4 rings (SSSR count). The predicted octanol–water partition coefficient (Wildman–Crippen LogP) is 3.06. The van der Waals surface area contributed by atoms with Gasteiger partial charge in [-0.2, -0.15) is 0 Å². The number of ether oxygens (including phenoxy) is 2. The highest BCUT2D eigenvalue weighted by Gasteiger charge is 2.46. The lowest BCUT2D eigenvalue weighted by molar-refractivity contribution is -0.155. The smallest absolute Gasteiger partial charge is 0.0732 e. The van der Waals surface area contributed by atoms with Crippen molar-refractivity contribution in [2.45, 2.75) is 38.5 Å². The van der Waals surface area contributed by atoms with Gasteiger partial charge in [0, 0.05) is 56.4 Å². The Kier molecular flexibility index (Phi) is 5.58. The summed E-state index contributed by atoms with van der Waals surface area (Å²) in [5.41, 5.74) is 2.50. The summed E-state index contributed by atoms with van der Waals surface area (Å²) < 4.78 is 12.3. The van der Waals surface area contributed by atoms with E-state index in [1.807, 2.05) is 30.7 Å². The number of likely N-dealkylation sites (tertiary alicyclic amines) is 1. The molecule has 0 amide bonds. The summed E-state index contributed by atoms with van der Waals surface area (Å²) in [6.45, 7) is 5.30. The Bertz CT molecular complexity index is 682. The lowest BCUT2D eigenvalue weighted by atomic mass is 9.73. The van der Waals surface area contributed by atoms with E-state index in [9.17, 15) is 0 Å². The van der Waals surface area contributed by atoms with Crippen molar-refractivity contribution in [3.05, 3.63) is 60.2 Å². The maximum atomic E-state index is 6.16. The van der Waals surface area contributed by atoms with Crippen LogP contribution >= 0.6 is 0 Å². The van der Waals surface area contributed by atoms with Gasteiger partial charge in [-0.25, -0.2) is 0 Å². The molecule has 0 N–H and O–H groups in total. The second kappa shape index (κ2) is 8.25. The number of rotatable bonds is 6. The molecular weight excluding hydrogens is 326 g/mol. The molecule has 0 unspecified atom stereocenters. The highest BCUT2D eigenvalue weighted by Crippen LogP contribution is 2.41. The fourth-order valence-electron chi connectivity index (χ4n) is 4.33. The third-order valence-corrected chi connectivity index (χ3v) is 5.58. The third kappa shape index (κ3) is 4.11. The topological polar surface area (TPSA) is 47.5 Å². The molecule has 26 heavy (non-hydrogen) atoms. The molecule has 138 valence electrons. The Hall–Kier alpha value is -1.82. The van der Waals surface area contributed by atoms with Crippen LogP contribution in [0.2, 0.25) is 0 Å². The van der Waals surface area contributed by atoms with E-state index in [0.717, 1.165) is 51.3 Å². The predicted molar refractivity (Wildman–Crippen MR) is 99.4 cm³/mol. The molecule has 2 aromatic heterocycles. The lowest BCUT2D eigenvalue weighted by Crippen LogP contribution is -2.56. The number of fused-ring (bicyclic) bond motifs is 1. The Morgan fingerprint density at radius 1 is 1.15 bits per heavy atom. The Labute approximate surface area is 155 Å². The van der Waals surface area contributed by atoms with Crippen LogP contribution in [0.25, 0.3) is 0 Å². The van der Waals surface area contributed by atoms with E-state index in [2.05, 4.69) is 27.0 Å². The van der Waals surface area contributed by atoms with E-state index in [-0.39, 0.29) is 5.41 Å². The lowest BCUT2D eigenvalue weighted by Gasteiger charge is -2.50. The van der Waals surface area contributed by atoms with E-state index in [1.54, 1.807) is 6.20 Å². The molecule has 0 spiro atoms. The van der Waals surface area contributed by atoms with E-state index in [1.165, 1.54) is 12.0 Å². The van der Waals surface area contributed by atoms with Crippen LogP contribution in [0.4, 0.5) is 0 Å². The molecule has 2 aromatic rings. The van der Waals surface area contributed by atoms with Crippen LogP contribution in [0.5, 0.6) is 0 Å². The summed E-state index contributed by atoms with van der Waals surface area (Å²) in [6, 6.07) is 8.19. The average Bonchev–Trinajstić information content (AvgIpc) is 2.69. The van der Waals surface area contributed by atoms with Crippen molar-refractivity contribution < 1.29 is 9.47 Å². The molecule has 0 radical (unpaired) electrons. The van der Waals surface area contributed by atoms with Gasteiger partial charge < -0.3 is 9.47 Å². The van der Waals surface area contributed by atoms with Crippen LogP contribution < -0.4 is 0 Å². The Morgan fingerprint density at radius 2 is 1.96 bits per heavy atom. The molecule has 2 atom stereocenters. The molecule has 5 heteroatoms. The monoisotopic (exact) mass is 353 g/mol. The first-order valence-corrected chi connectivity index (χ1v) is 9.54. The zero-order valence-electron chi connectivity index (χ0n) is 15.2. The molecule has 0 saturated carbocycles. The van der Waals surface area contributed by atoms with Gasteiger partial charge in [-0.1, -0.05) is 12.1 Å². The van der Waals surface area contributed by atoms with Crippen LogP contribution in [0.1, 0.15) is 30.4 Å². The number of hydrogen-bond donors (Lipinski definition) is 0. The summed E-state index contributed by atoms with van der Waals surface area (Å²) in [7, 11) is 0. The SMILES string of the molecule is c1cncc(COC[C@]23CCCO[C@@H]2CCN(Cc2cccnc2)C3)c1. The van der Waals surface area contributed by atoms with Gasteiger partial charge in [0.25, 0.3) is 0 Å². The zero-order chi connectivity index (χ0) is 17.7. The number of hydrogen-bond acceptors (Lipinski definition) is 5. The second-order valence-corrected chi connectivity index (χ2v) is 7.54. The highest BCUT2D eigenvalue weighted by atomic mass is 16.5. The molecule has 0 bridgehead atoms. The van der Waals surface area contributed by atoms with Crippen LogP contribution in [0.3, 0.4) is 0 Å². The maximum absolute atomic E-state index is 6.16. The quantitative estimate of drug-likeness (QED) is 0.799. The first-order chi connectivity index (χ1) is 12.8. The zero-order valence-corrected chi connectivity index (χ0v) is 15.2. The summed E-state index contributed by atoms with van der Waals surface area (Å²) in [6.07, 6.45) is 11.2. The summed E-state index contributed by atoms with van der Waals surface area (Å²) in [5.74, 6) is 0. The largest absolute Gasteiger partial charge is 0.377 e. The van der Waals surface area contributed by atoms with Crippen molar-refractivity contribution in [3.63, 3.8) is 0 Å². The third-order valence-electron chi connectivity index (χ3n) is 5.58. The van der Waals surface area contributed by atoms with Crippen molar-refractivity contribution in [2.75, 3.05) is 26.3 Å². The minimum absolute atomic E-state index is 0.0981. The molecule has 2 fully saturated rings. The number of aromatic nitrogens is 2. The standard InChI is InChI=1S/C21H27N3O2/c1-4-18(12-22-8-1)14-24-10-6-20-21(16-24,7-3-11-26-20)17-25-15-19-5-2-9-23-13-19/h1-2,4-5,8-9,12-13,20H,3,6-7,10-11,14-17H2/t20-,21-/m1/s1. The Morgan fingerprint density at radius 3 is 2.73 bits per heavy atom. The number of piperidine rings is 1. The van der Waals surface area contributed by atoms with E-state index >= 15 is 0 Å². The molecule has 2 aliphatic heterocycles. The second-order valence-electron chi connectivity index (χ2n) is 7.54. The van der Waals surface area contributed by atoms with Gasteiger partial charge >= 0.3 is 0 Å². The van der Waals surface area contributed by atoms with Crippen molar-refractivity contribution in [1.29, 1.82) is 0 Å². The summed E-state index contributed by atoms with van der Waals surface area (Å²) in [4.78, 5) is 11.0. The number of pyridine rings is 2. The minimum atomic E-state index is 0.0981. The van der Waals surface area contributed by atoms with E-state index < -0.39 is 0 Å². The normalized spacial score (nSPS) is 26.4. The maximum Gasteiger partial charge on any atom is 0.0732 e. The molecular formula is C21H27N3O2. The summed E-state index contributed by atoms with van der Waals surface area (Å²) in [5, 5.41) is 0. The van der Waals surface area contributed by atoms with Gasteiger partial charge in [0.2, 0.25) is 0 Å². The molecule has 0 aliphatic carbocycles. The van der Waals surface area contributed by atoms with Gasteiger partial charge in [0.1, 0.15) is 0 Å². The first-order valence-electron chi connectivity index (χ1n) is 9.54. The highest BCUT2D eigenvalue weighted by molar-refractivity contribution is 5.09. The first kappa shape index (κ1) is 17.6. The van der Waals surface area contributed by atoms with Gasteiger partial charge in [-0.05, 0) is 42.5 Å². The van der Waals surface area contributed by atoms with Gasteiger partial charge in [0.15, 0.2) is 0 Å². The fourth-order valence-corrected chi connectivity index (χ4v) is 4.33. The summed E-state index contributed by atoms with van der Waals surface area (Å²) >= 11 is 0. The van der Waals surface area contributed by atoms with Crippen LogP contribution in [-0.4, -0.2) is 47.3 Å². The van der Waals surface area contributed by atoms with Crippen molar-refractivity contribution >= 4 is 0 Å². The average molecular weight is 353 g/mol. The van der Waals surface area contributed by atoms with Crippen LogP contribution in [0.15, 0.2) is 49.1 Å². The van der Waals surface area contributed by atoms with Crippen molar-refractivity contribution in [3.8, 4) is 0 Å². The van der Waals surface area contributed by atoms with Crippen LogP contribution in [-0.2, 0) is 22.6 Å². The molecule has 0 aromatic carbocycles. The Balaban J connectivity index is 1.41. The van der Waals surface area contributed by atoms with E-state index in [4.69, 9.17) is 9.47 Å². The fraction of sp³-hybridized carbons (Fsp3) is 0.524. The molecule has 2 saturated heterocycles. The van der Waals surface area contributed by atoms with Gasteiger partial charge in [-0.15, -0.1) is 0 Å². The molecule has 5 nitrogen and oxygen atoms in total. The minimum Gasteiger partial charge on any atom is -0.377 e. The van der Waals surface area contributed by atoms with E-state index in [0.29, 0.717) is 12.7 Å². The van der Waals surface area contributed by atoms with Crippen molar-refractivity contribution in [2.24, 2.45) is 5.41 Å². The molecule has 2 aliphatic rings. The van der Waals surface area contributed by atoms with Gasteiger partial charge in [-0.3, -0.25) is 14.9 Å². The number of nitrogens with zero attached hydrogens (tertiary/aromatic N) is 3.